The molecule has 0 saturated carbocycles. The first-order chi connectivity index (χ1) is 7.88. The van der Waals surface area contributed by atoms with E-state index in [2.05, 4.69) is 4.74 Å². The van der Waals surface area contributed by atoms with Crippen LogP contribution in [0.25, 0.3) is 0 Å². The fourth-order valence-electron chi connectivity index (χ4n) is 1.17. The molecule has 1 aromatic rings. The van der Waals surface area contributed by atoms with Gasteiger partial charge in [-0.05, 0) is 6.92 Å². The second kappa shape index (κ2) is 4.99. The first kappa shape index (κ1) is 13.2. The number of ether oxygens (including phenoxy) is 1. The molecule has 0 aromatic heterocycles. The van der Waals surface area contributed by atoms with Gasteiger partial charge in [0.1, 0.15) is 5.82 Å². The van der Waals surface area contributed by atoms with E-state index in [0.29, 0.717) is 6.07 Å². The van der Waals surface area contributed by atoms with E-state index in [0.717, 1.165) is 6.92 Å². The number of esters is 1. The Hall–Kier alpha value is -1.85. The van der Waals surface area contributed by atoms with E-state index < -0.39 is 40.5 Å². The predicted octanol–water partition coefficient (Wildman–Crippen LogP) is 2.62. The van der Waals surface area contributed by atoms with Gasteiger partial charge < -0.3 is 4.74 Å². The highest BCUT2D eigenvalue weighted by atomic mass is 19.1. The maximum atomic E-state index is 13.6. The van der Waals surface area contributed by atoms with Crippen LogP contribution in [0.3, 0.4) is 0 Å². The van der Waals surface area contributed by atoms with Crippen molar-refractivity contribution in [3.63, 3.8) is 0 Å². The van der Waals surface area contributed by atoms with Gasteiger partial charge in [0.15, 0.2) is 17.4 Å². The molecule has 92 valence electrons. The van der Waals surface area contributed by atoms with Crippen molar-refractivity contribution in [2.75, 3.05) is 0 Å². The molecule has 1 rings (SSSR count). The molecule has 0 radical (unpaired) electrons. The van der Waals surface area contributed by atoms with Gasteiger partial charge in [-0.2, -0.15) is 0 Å². The summed E-state index contributed by atoms with van der Waals surface area (Å²) in [7, 11) is 0. The van der Waals surface area contributed by atoms with Crippen LogP contribution in [0.2, 0.25) is 0 Å². The number of hydrogen-bond donors (Lipinski definition) is 0. The van der Waals surface area contributed by atoms with Crippen LogP contribution in [0.15, 0.2) is 6.07 Å². The van der Waals surface area contributed by atoms with E-state index >= 15 is 0 Å². The number of rotatable bonds is 3. The third kappa shape index (κ3) is 2.64. The molecule has 0 N–H and O–H groups in total. The number of carbonyl (C=O) groups is 2. The van der Waals surface area contributed by atoms with Gasteiger partial charge in [0.2, 0.25) is 5.75 Å². The minimum Gasteiger partial charge on any atom is -0.420 e. The monoisotopic (exact) mass is 246 g/mol. The molecule has 0 aliphatic carbocycles. The largest absolute Gasteiger partial charge is 0.420 e. The Morgan fingerprint density at radius 3 is 2.29 bits per heavy atom. The van der Waals surface area contributed by atoms with Gasteiger partial charge in [0.25, 0.3) is 0 Å². The molecule has 0 fully saturated rings. The summed E-state index contributed by atoms with van der Waals surface area (Å²) < 4.78 is 44.2. The zero-order chi connectivity index (χ0) is 13.2. The molecule has 0 aliphatic heterocycles. The zero-order valence-corrected chi connectivity index (χ0v) is 9.14. The van der Waals surface area contributed by atoms with Crippen LogP contribution < -0.4 is 4.74 Å². The second-order valence-electron chi connectivity index (χ2n) is 3.24. The van der Waals surface area contributed by atoms with Crippen LogP contribution in [0.5, 0.6) is 5.75 Å². The molecule has 0 atom stereocenters. The van der Waals surface area contributed by atoms with Crippen molar-refractivity contribution in [3.8, 4) is 5.75 Å². The lowest BCUT2D eigenvalue weighted by molar-refractivity contribution is -0.134. The SMILES string of the molecule is CCC(=O)Oc1c(F)cc(F)c(C(C)=O)c1F. The summed E-state index contributed by atoms with van der Waals surface area (Å²) in [6, 6.07) is 0.304. The molecule has 0 bridgehead atoms. The molecular formula is C11H9F3O3. The number of hydrogen-bond acceptors (Lipinski definition) is 3. The predicted molar refractivity (Wildman–Crippen MR) is 52.2 cm³/mol. The molecular weight excluding hydrogens is 237 g/mol. The van der Waals surface area contributed by atoms with E-state index in [1.54, 1.807) is 0 Å². The lowest BCUT2D eigenvalue weighted by Gasteiger charge is -2.08. The minimum absolute atomic E-state index is 0.105. The molecule has 0 unspecified atom stereocenters. The fraction of sp³-hybridized carbons (Fsp3) is 0.273. The topological polar surface area (TPSA) is 43.4 Å². The summed E-state index contributed by atoms with van der Waals surface area (Å²) in [4.78, 5) is 21.9. The number of Topliss-reactive ketones (excluding diaryl/α,β-unsaturated/α-hetero) is 1. The lowest BCUT2D eigenvalue weighted by Crippen LogP contribution is -2.12. The average molecular weight is 246 g/mol. The maximum Gasteiger partial charge on any atom is 0.311 e. The van der Waals surface area contributed by atoms with E-state index in [4.69, 9.17) is 0 Å². The van der Waals surface area contributed by atoms with Crippen LogP contribution in [0.1, 0.15) is 30.6 Å². The lowest BCUT2D eigenvalue weighted by atomic mass is 10.1. The fourth-order valence-corrected chi connectivity index (χ4v) is 1.17. The van der Waals surface area contributed by atoms with Gasteiger partial charge in [-0.3, -0.25) is 9.59 Å². The first-order valence-electron chi connectivity index (χ1n) is 4.77. The first-order valence-corrected chi connectivity index (χ1v) is 4.77. The molecule has 6 heteroatoms. The van der Waals surface area contributed by atoms with Crippen LogP contribution >= 0.6 is 0 Å². The molecule has 0 saturated heterocycles. The van der Waals surface area contributed by atoms with Crippen molar-refractivity contribution >= 4 is 11.8 Å². The van der Waals surface area contributed by atoms with Gasteiger partial charge in [-0.25, -0.2) is 13.2 Å². The van der Waals surface area contributed by atoms with Crippen molar-refractivity contribution < 1.29 is 27.5 Å². The van der Waals surface area contributed by atoms with Gasteiger partial charge in [-0.1, -0.05) is 6.92 Å². The Balaban J connectivity index is 3.35. The summed E-state index contributed by atoms with van der Waals surface area (Å²) in [5.41, 5.74) is -0.926. The van der Waals surface area contributed by atoms with E-state index in [1.807, 2.05) is 0 Å². The van der Waals surface area contributed by atoms with E-state index in [9.17, 15) is 22.8 Å². The van der Waals surface area contributed by atoms with Crippen molar-refractivity contribution in [3.05, 3.63) is 29.1 Å². The van der Waals surface area contributed by atoms with Crippen molar-refractivity contribution in [2.45, 2.75) is 20.3 Å². The molecule has 0 heterocycles. The zero-order valence-electron chi connectivity index (χ0n) is 9.14. The Morgan fingerprint density at radius 1 is 1.24 bits per heavy atom. The third-order valence-corrected chi connectivity index (χ3v) is 1.98. The van der Waals surface area contributed by atoms with Crippen LogP contribution in [-0.2, 0) is 4.79 Å². The van der Waals surface area contributed by atoms with Gasteiger partial charge in [-0.15, -0.1) is 0 Å². The smallest absolute Gasteiger partial charge is 0.311 e. The van der Waals surface area contributed by atoms with Crippen LogP contribution in [0.4, 0.5) is 13.2 Å². The minimum atomic E-state index is -1.50. The summed E-state index contributed by atoms with van der Waals surface area (Å²) in [5, 5.41) is 0. The molecule has 17 heavy (non-hydrogen) atoms. The maximum absolute atomic E-state index is 13.6. The van der Waals surface area contributed by atoms with Crippen molar-refractivity contribution in [2.24, 2.45) is 0 Å². The molecule has 3 nitrogen and oxygen atoms in total. The standard InChI is InChI=1S/C11H9F3O3/c1-3-8(16)17-11-7(13)4-6(12)9(5(2)15)10(11)14/h4H,3H2,1-2H3. The number of ketones is 1. The van der Waals surface area contributed by atoms with Crippen molar-refractivity contribution in [1.82, 2.24) is 0 Å². The highest BCUT2D eigenvalue weighted by molar-refractivity contribution is 5.95. The van der Waals surface area contributed by atoms with Gasteiger partial charge in [0, 0.05) is 12.5 Å². The molecule has 1 aromatic carbocycles. The van der Waals surface area contributed by atoms with Gasteiger partial charge >= 0.3 is 5.97 Å². The highest BCUT2D eigenvalue weighted by Crippen LogP contribution is 2.27. The quantitative estimate of drug-likeness (QED) is 0.467. The van der Waals surface area contributed by atoms with E-state index in [-0.39, 0.29) is 6.42 Å². The Labute approximate surface area is 95.2 Å². The summed E-state index contributed by atoms with van der Waals surface area (Å²) in [5.74, 6) is -7.06. The van der Waals surface area contributed by atoms with Crippen molar-refractivity contribution in [1.29, 1.82) is 0 Å². The summed E-state index contributed by atoms with van der Waals surface area (Å²) >= 11 is 0. The number of carbonyl (C=O) groups excluding carboxylic acids is 2. The number of halogens is 3. The molecule has 0 spiro atoms. The highest BCUT2D eigenvalue weighted by Gasteiger charge is 2.24. The van der Waals surface area contributed by atoms with E-state index in [1.165, 1.54) is 6.92 Å². The normalized spacial score (nSPS) is 10.2. The Morgan fingerprint density at radius 2 is 1.82 bits per heavy atom. The Bertz CT molecular complexity index is 483. The summed E-state index contributed by atoms with van der Waals surface area (Å²) in [6.07, 6.45) is -0.105. The third-order valence-electron chi connectivity index (χ3n) is 1.98. The Kier molecular flexibility index (Phi) is 3.88. The van der Waals surface area contributed by atoms with Crippen LogP contribution in [-0.4, -0.2) is 11.8 Å². The second-order valence-corrected chi connectivity index (χ2v) is 3.24. The summed E-state index contributed by atoms with van der Waals surface area (Å²) in [6.45, 7) is 2.35. The molecule has 0 aliphatic rings. The van der Waals surface area contributed by atoms with Crippen LogP contribution in [0, 0.1) is 17.5 Å². The molecule has 0 amide bonds. The average Bonchev–Trinajstić information content (AvgIpc) is 2.22. The number of benzene rings is 1. The van der Waals surface area contributed by atoms with Gasteiger partial charge in [0.05, 0.1) is 5.56 Å².